The number of nitrogens with zero attached hydrogens (tertiary/aromatic N) is 3. The first kappa shape index (κ1) is 14.3. The summed E-state index contributed by atoms with van der Waals surface area (Å²) in [4.78, 5) is 10.9. The molecule has 3 aromatic rings. The number of ether oxygens (including phenoxy) is 1. The minimum atomic E-state index is -0.333. The van der Waals surface area contributed by atoms with E-state index in [0.717, 1.165) is 22.5 Å². The molecule has 1 heterocycles. The molecule has 0 saturated heterocycles. The average molecular weight is 297 g/mol. The molecular formula is C17H16FN3O. The summed E-state index contributed by atoms with van der Waals surface area (Å²) < 4.78 is 19.3. The summed E-state index contributed by atoms with van der Waals surface area (Å²) in [5.74, 6) is 1.50. The van der Waals surface area contributed by atoms with Gasteiger partial charge in [0, 0.05) is 19.5 Å². The Morgan fingerprint density at radius 3 is 2.50 bits per heavy atom. The van der Waals surface area contributed by atoms with E-state index in [1.807, 2.05) is 37.2 Å². The molecule has 112 valence electrons. The molecule has 0 atom stereocenters. The van der Waals surface area contributed by atoms with Gasteiger partial charge in [-0.15, -0.1) is 0 Å². The molecule has 1 aromatic heterocycles. The molecule has 0 bridgehead atoms. The van der Waals surface area contributed by atoms with Crippen LogP contribution in [0, 0.1) is 5.82 Å². The number of fused-ring (bicyclic) bond motifs is 1. The topological polar surface area (TPSA) is 38.3 Å². The van der Waals surface area contributed by atoms with Crippen molar-refractivity contribution >= 4 is 16.7 Å². The zero-order valence-corrected chi connectivity index (χ0v) is 12.7. The van der Waals surface area contributed by atoms with E-state index in [1.54, 1.807) is 25.3 Å². The van der Waals surface area contributed by atoms with Crippen molar-refractivity contribution in [3.05, 3.63) is 48.3 Å². The highest BCUT2D eigenvalue weighted by molar-refractivity contribution is 5.92. The highest BCUT2D eigenvalue weighted by Gasteiger charge is 2.14. The van der Waals surface area contributed by atoms with Crippen LogP contribution in [0.2, 0.25) is 0 Å². The van der Waals surface area contributed by atoms with Crippen LogP contribution in [0.25, 0.3) is 22.3 Å². The highest BCUT2D eigenvalue weighted by atomic mass is 19.1. The van der Waals surface area contributed by atoms with Crippen molar-refractivity contribution in [3.8, 4) is 17.1 Å². The summed E-state index contributed by atoms with van der Waals surface area (Å²) in [5, 5.41) is 0.865. The molecule has 4 nitrogen and oxygen atoms in total. The van der Waals surface area contributed by atoms with E-state index in [4.69, 9.17) is 4.74 Å². The molecule has 22 heavy (non-hydrogen) atoms. The van der Waals surface area contributed by atoms with Gasteiger partial charge in [0.2, 0.25) is 0 Å². The number of halogens is 1. The maximum atomic E-state index is 14.0. The third-order valence-electron chi connectivity index (χ3n) is 3.42. The molecule has 0 amide bonds. The van der Waals surface area contributed by atoms with Gasteiger partial charge < -0.3 is 9.64 Å². The zero-order valence-electron chi connectivity index (χ0n) is 12.7. The maximum Gasteiger partial charge on any atom is 0.165 e. The lowest BCUT2D eigenvalue weighted by molar-refractivity contribution is 0.415. The van der Waals surface area contributed by atoms with Gasteiger partial charge in [-0.3, -0.25) is 0 Å². The van der Waals surface area contributed by atoms with Gasteiger partial charge in [-0.2, -0.15) is 0 Å². The smallest absolute Gasteiger partial charge is 0.165 e. The summed E-state index contributed by atoms with van der Waals surface area (Å²) in [7, 11) is 5.41. The normalized spacial score (nSPS) is 10.7. The van der Waals surface area contributed by atoms with Crippen molar-refractivity contribution in [3.63, 3.8) is 0 Å². The minimum absolute atomic E-state index is 0.333. The Labute approximate surface area is 128 Å². The predicted molar refractivity (Wildman–Crippen MR) is 85.8 cm³/mol. The van der Waals surface area contributed by atoms with Crippen LogP contribution < -0.4 is 9.64 Å². The van der Waals surface area contributed by atoms with Crippen LogP contribution in [0.5, 0.6) is 5.75 Å². The molecule has 0 N–H and O–H groups in total. The summed E-state index contributed by atoms with van der Waals surface area (Å²) >= 11 is 0. The lowest BCUT2D eigenvalue weighted by Crippen LogP contribution is -2.12. The zero-order chi connectivity index (χ0) is 15.7. The Hall–Kier alpha value is -2.69. The van der Waals surface area contributed by atoms with Gasteiger partial charge in [-0.05, 0) is 30.3 Å². The molecule has 3 rings (SSSR count). The van der Waals surface area contributed by atoms with E-state index in [2.05, 4.69) is 9.97 Å². The third-order valence-corrected chi connectivity index (χ3v) is 3.42. The van der Waals surface area contributed by atoms with Crippen molar-refractivity contribution in [2.75, 3.05) is 26.1 Å². The van der Waals surface area contributed by atoms with Crippen LogP contribution in [0.15, 0.2) is 42.5 Å². The van der Waals surface area contributed by atoms with E-state index < -0.39 is 0 Å². The number of benzene rings is 2. The Morgan fingerprint density at radius 1 is 1.05 bits per heavy atom. The van der Waals surface area contributed by atoms with Gasteiger partial charge in [0.05, 0.1) is 18.2 Å². The Balaban J connectivity index is 2.28. The number of hydrogen-bond acceptors (Lipinski definition) is 4. The van der Waals surface area contributed by atoms with E-state index in [-0.39, 0.29) is 5.82 Å². The molecule has 0 radical (unpaired) electrons. The predicted octanol–water partition coefficient (Wildman–Crippen LogP) is 3.51. The number of aromatic nitrogens is 2. The van der Waals surface area contributed by atoms with Crippen molar-refractivity contribution in [2.45, 2.75) is 0 Å². The first-order valence-corrected chi connectivity index (χ1v) is 6.88. The molecule has 0 aliphatic carbocycles. The molecule has 0 spiro atoms. The molecular weight excluding hydrogens is 281 g/mol. The first-order chi connectivity index (χ1) is 10.6. The Kier molecular flexibility index (Phi) is 3.63. The SMILES string of the molecule is COc1ccc2nc(-c3ccccc3F)nc(N(C)C)c2c1. The van der Waals surface area contributed by atoms with E-state index in [1.165, 1.54) is 6.07 Å². The quantitative estimate of drug-likeness (QED) is 0.741. The van der Waals surface area contributed by atoms with E-state index in [9.17, 15) is 4.39 Å². The number of hydrogen-bond donors (Lipinski definition) is 0. The van der Waals surface area contributed by atoms with Crippen molar-refractivity contribution in [2.24, 2.45) is 0 Å². The minimum Gasteiger partial charge on any atom is -0.497 e. The van der Waals surface area contributed by atoms with Gasteiger partial charge in [-0.25, -0.2) is 14.4 Å². The van der Waals surface area contributed by atoms with Gasteiger partial charge in [0.1, 0.15) is 17.4 Å². The second kappa shape index (κ2) is 5.60. The first-order valence-electron chi connectivity index (χ1n) is 6.88. The molecule has 0 unspecified atom stereocenters. The molecule has 0 saturated carbocycles. The van der Waals surface area contributed by atoms with Gasteiger partial charge >= 0.3 is 0 Å². The van der Waals surface area contributed by atoms with Gasteiger partial charge in [0.15, 0.2) is 5.82 Å². The number of rotatable bonds is 3. The van der Waals surface area contributed by atoms with Crippen LogP contribution in [-0.4, -0.2) is 31.2 Å². The molecule has 0 aliphatic heterocycles. The molecule has 2 aromatic carbocycles. The highest BCUT2D eigenvalue weighted by Crippen LogP contribution is 2.30. The second-order valence-electron chi connectivity index (χ2n) is 5.13. The number of methoxy groups -OCH3 is 1. The van der Waals surface area contributed by atoms with Crippen LogP contribution in [0.1, 0.15) is 0 Å². The average Bonchev–Trinajstić information content (AvgIpc) is 2.53. The number of anilines is 1. The Bertz CT molecular complexity index is 833. The summed E-state index contributed by atoms with van der Waals surface area (Å²) in [5.41, 5.74) is 1.14. The van der Waals surface area contributed by atoms with Gasteiger partial charge in [-0.1, -0.05) is 12.1 Å². The maximum absolute atomic E-state index is 14.0. The van der Waals surface area contributed by atoms with Crippen molar-refractivity contribution in [1.82, 2.24) is 9.97 Å². The molecule has 0 fully saturated rings. The van der Waals surface area contributed by atoms with E-state index in [0.29, 0.717) is 11.4 Å². The molecule has 0 aliphatic rings. The van der Waals surface area contributed by atoms with Crippen LogP contribution in [0.4, 0.5) is 10.2 Å². The fourth-order valence-corrected chi connectivity index (χ4v) is 2.32. The fraction of sp³-hybridized carbons (Fsp3) is 0.176. The van der Waals surface area contributed by atoms with E-state index >= 15 is 0 Å². The monoisotopic (exact) mass is 297 g/mol. The summed E-state index contributed by atoms with van der Waals surface area (Å²) in [6.07, 6.45) is 0. The Morgan fingerprint density at radius 2 is 1.82 bits per heavy atom. The van der Waals surface area contributed by atoms with Crippen LogP contribution in [-0.2, 0) is 0 Å². The van der Waals surface area contributed by atoms with Crippen LogP contribution >= 0.6 is 0 Å². The molecule has 5 heteroatoms. The second-order valence-corrected chi connectivity index (χ2v) is 5.13. The lowest BCUT2D eigenvalue weighted by Gasteiger charge is -2.16. The largest absolute Gasteiger partial charge is 0.497 e. The summed E-state index contributed by atoms with van der Waals surface area (Å²) in [6.45, 7) is 0. The van der Waals surface area contributed by atoms with Crippen LogP contribution in [0.3, 0.4) is 0 Å². The van der Waals surface area contributed by atoms with Crippen molar-refractivity contribution in [1.29, 1.82) is 0 Å². The lowest BCUT2D eigenvalue weighted by atomic mass is 10.1. The standard InChI is InChI=1S/C17H16FN3O/c1-21(2)17-13-10-11(22-3)8-9-15(13)19-16(20-17)12-6-4-5-7-14(12)18/h4-10H,1-3H3. The fourth-order valence-electron chi connectivity index (χ4n) is 2.32. The third kappa shape index (κ3) is 2.45. The van der Waals surface area contributed by atoms with Crippen molar-refractivity contribution < 1.29 is 9.13 Å². The summed E-state index contributed by atoms with van der Waals surface area (Å²) in [6, 6.07) is 12.1. The van der Waals surface area contributed by atoms with Gasteiger partial charge in [0.25, 0.3) is 0 Å².